The second-order valence-electron chi connectivity index (χ2n) is 22.0. The zero-order valence-electron chi connectivity index (χ0n) is 49.7. The van der Waals surface area contributed by atoms with Crippen LogP contribution in [-0.2, 0) is 59.2 Å². The van der Waals surface area contributed by atoms with Crippen LogP contribution in [0.15, 0.2) is 30.3 Å². The molecule has 0 saturated carbocycles. The lowest BCUT2D eigenvalue weighted by Gasteiger charge is -2.29. The van der Waals surface area contributed by atoms with Crippen molar-refractivity contribution in [2.24, 2.45) is 34.8 Å². The fraction of sp³-hybridized carbons (Fsp3) is 0.696. The van der Waals surface area contributed by atoms with E-state index in [2.05, 4.69) is 65.4 Å². The molecule has 0 aliphatic carbocycles. The minimum Gasteiger partial charge on any atom is -0.394 e. The summed E-state index contributed by atoms with van der Waals surface area (Å²) in [5.74, 6) is -9.90. The van der Waals surface area contributed by atoms with Gasteiger partial charge < -0.3 is 91.6 Å². The van der Waals surface area contributed by atoms with Gasteiger partial charge in [0.15, 0.2) is 0 Å². The van der Waals surface area contributed by atoms with Gasteiger partial charge in [-0.2, -0.15) is 0 Å². The number of nitrogens with two attached hydrogens (primary N) is 4. The van der Waals surface area contributed by atoms with Crippen molar-refractivity contribution in [2.75, 3.05) is 39.3 Å². The van der Waals surface area contributed by atoms with Gasteiger partial charge in [-0.15, -0.1) is 0 Å². The number of unbranched alkanes of at least 4 members (excludes halogenated alkanes) is 4. The molecule has 1 aromatic rings. The van der Waals surface area contributed by atoms with Gasteiger partial charge >= 0.3 is 0 Å². The summed E-state index contributed by atoms with van der Waals surface area (Å²) in [4.78, 5) is 154. The van der Waals surface area contributed by atoms with E-state index in [4.69, 9.17) is 22.9 Å². The molecule has 11 atom stereocenters. The van der Waals surface area contributed by atoms with Crippen molar-refractivity contribution in [3.63, 3.8) is 0 Å². The largest absolute Gasteiger partial charge is 0.394 e. The predicted octanol–water partition coefficient (Wildman–Crippen LogP) is -4.18. The molecule has 2 rings (SSSR count). The molecule has 1 fully saturated rings. The highest BCUT2D eigenvalue weighted by Gasteiger charge is 2.37. The molecule has 474 valence electrons. The van der Waals surface area contributed by atoms with Crippen LogP contribution in [0.1, 0.15) is 131 Å². The van der Waals surface area contributed by atoms with Gasteiger partial charge in [0.1, 0.15) is 60.4 Å². The summed E-state index contributed by atoms with van der Waals surface area (Å²) in [5, 5.41) is 49.4. The fourth-order valence-corrected chi connectivity index (χ4v) is 9.12. The lowest BCUT2D eigenvalue weighted by molar-refractivity contribution is -0.137. The highest BCUT2D eigenvalue weighted by atomic mass is 16.3. The first-order valence-corrected chi connectivity index (χ1v) is 29.4. The molecule has 28 nitrogen and oxygen atoms in total. The summed E-state index contributed by atoms with van der Waals surface area (Å²) < 4.78 is 0. The highest BCUT2D eigenvalue weighted by molar-refractivity contribution is 5.99. The molecule has 1 aliphatic rings. The smallest absolute Gasteiger partial charge is 0.245 e. The summed E-state index contributed by atoms with van der Waals surface area (Å²) in [7, 11) is 0. The molecule has 0 bridgehead atoms. The van der Waals surface area contributed by atoms with Crippen molar-refractivity contribution in [3.8, 4) is 0 Å². The number of rotatable bonds is 29. The van der Waals surface area contributed by atoms with Gasteiger partial charge in [0, 0.05) is 19.4 Å². The second-order valence-corrected chi connectivity index (χ2v) is 22.0. The molecule has 84 heavy (non-hydrogen) atoms. The summed E-state index contributed by atoms with van der Waals surface area (Å²) in [5.41, 5.74) is 24.1. The van der Waals surface area contributed by atoms with Crippen LogP contribution in [0.2, 0.25) is 0 Å². The summed E-state index contributed by atoms with van der Waals surface area (Å²) in [6.45, 7) is 8.55. The SMILES string of the molecule is CCCCCCCC(=O)N[C@@H](CCN)C(=O)N[C@H](C(=O)N[C@@H](CCN)C(=O)N[C@H]1CCNC(=O)[C@H](CC(C)C)NC(=O)[C@H](CO)NC(=O)[C@H](CCN)NC(=O)[C@H](CC(C)C)NC(=O)[C@@H](Cc2ccccc2)NC(=O)[C@H](CCN)NC1=O)[C@@H](C)O. The van der Waals surface area contributed by atoms with E-state index in [-0.39, 0.29) is 95.9 Å². The fourth-order valence-electron chi connectivity index (χ4n) is 9.12. The van der Waals surface area contributed by atoms with Crippen LogP contribution in [0, 0.1) is 11.8 Å². The Balaban J connectivity index is 2.68. The Hall–Kier alpha value is -6.85. The van der Waals surface area contributed by atoms with E-state index in [1.807, 2.05) is 0 Å². The number of hydrogen-bond acceptors (Lipinski definition) is 17. The van der Waals surface area contributed by atoms with Crippen LogP contribution in [0.5, 0.6) is 0 Å². The normalized spacial score (nSPS) is 22.3. The topological polar surface area (TPSA) is 465 Å². The van der Waals surface area contributed by atoms with Gasteiger partial charge in [-0.05, 0) is 102 Å². The van der Waals surface area contributed by atoms with Crippen LogP contribution >= 0.6 is 0 Å². The maximum Gasteiger partial charge on any atom is 0.245 e. The average molecular weight is 1190 g/mol. The average Bonchev–Trinajstić information content (AvgIpc) is 3.43. The number of amides is 11. The van der Waals surface area contributed by atoms with Crippen molar-refractivity contribution in [3.05, 3.63) is 35.9 Å². The summed E-state index contributed by atoms with van der Waals surface area (Å²) in [6.07, 6.45) is 1.95. The third kappa shape index (κ3) is 26.8. The molecule has 0 radical (unpaired) electrons. The van der Waals surface area contributed by atoms with E-state index in [1.54, 1.807) is 58.0 Å². The Kier molecular flexibility index (Phi) is 34.6. The molecular formula is C56H97N15O13. The zero-order valence-corrected chi connectivity index (χ0v) is 49.7. The Morgan fingerprint density at radius 3 is 1.56 bits per heavy atom. The number of carbonyl (C=O) groups excluding carboxylic acids is 11. The Bertz CT molecular complexity index is 2280. The quantitative estimate of drug-likeness (QED) is 0.0338. The number of carbonyl (C=O) groups is 11. The van der Waals surface area contributed by atoms with Crippen LogP contribution in [0.3, 0.4) is 0 Å². The third-order valence-electron chi connectivity index (χ3n) is 13.7. The lowest BCUT2D eigenvalue weighted by Crippen LogP contribution is -2.62. The van der Waals surface area contributed by atoms with Crippen molar-refractivity contribution in [2.45, 2.75) is 198 Å². The standard InChI is InChI=1S/C56H97N15O13/c1-7-8-9-10-14-17-45(74)62-36(18-23-57)52(80)71-46(34(6)73)56(84)66-39(21-26-60)48(76)65-40-22-27-61-47(75)41(28-32(2)3)67-55(83)44(31-72)70-50(78)38(20-25-59)64-53(81)42(29-33(4)5)68-54(82)43(30-35-15-12-11-13-16-35)69-49(77)37(19-24-58)63-51(40)79/h11-13,15-16,32-34,36-44,46,72-73H,7-10,14,17-31,57-60H2,1-6H3,(H,61,75)(H,62,74)(H,63,79)(H,64,81)(H,65,76)(H,66,84)(H,67,83)(H,68,82)(H,69,77)(H,70,78)(H,71,80)/t34-,36+,37+,38+,39+,40+,41+,42+,43-,44+,46+/m1/s1. The van der Waals surface area contributed by atoms with E-state index in [0.717, 1.165) is 25.7 Å². The van der Waals surface area contributed by atoms with Gasteiger partial charge in [0.25, 0.3) is 0 Å². The molecule has 11 amide bonds. The van der Waals surface area contributed by atoms with Crippen LogP contribution < -0.4 is 81.4 Å². The number of nitrogens with one attached hydrogen (secondary N) is 11. The maximum absolute atomic E-state index is 14.6. The van der Waals surface area contributed by atoms with Crippen molar-refractivity contribution >= 4 is 65.0 Å². The van der Waals surface area contributed by atoms with Crippen molar-refractivity contribution in [1.82, 2.24) is 58.5 Å². The van der Waals surface area contributed by atoms with E-state index >= 15 is 0 Å². The van der Waals surface area contributed by atoms with Crippen LogP contribution in [0.25, 0.3) is 0 Å². The number of hydrogen-bond donors (Lipinski definition) is 17. The first-order valence-electron chi connectivity index (χ1n) is 29.4. The number of aliphatic hydroxyl groups is 2. The number of aliphatic hydroxyl groups excluding tert-OH is 2. The first-order chi connectivity index (χ1) is 39.9. The Morgan fingerprint density at radius 2 is 1.04 bits per heavy atom. The van der Waals surface area contributed by atoms with Crippen LogP contribution in [0.4, 0.5) is 0 Å². The van der Waals surface area contributed by atoms with Crippen molar-refractivity contribution < 1.29 is 63.0 Å². The molecule has 28 heteroatoms. The van der Waals surface area contributed by atoms with Crippen LogP contribution in [-0.4, -0.2) is 181 Å². The molecule has 0 aromatic heterocycles. The third-order valence-corrected chi connectivity index (χ3v) is 13.7. The predicted molar refractivity (Wildman–Crippen MR) is 313 cm³/mol. The minimum atomic E-state index is -1.68. The van der Waals surface area contributed by atoms with Gasteiger partial charge in [0.2, 0.25) is 65.0 Å². The van der Waals surface area contributed by atoms with Gasteiger partial charge in [-0.1, -0.05) is 90.6 Å². The van der Waals surface area contributed by atoms with Gasteiger partial charge in [0.05, 0.1) is 12.7 Å². The minimum absolute atomic E-state index is 0.00678. The molecule has 0 unspecified atom stereocenters. The molecule has 21 N–H and O–H groups in total. The summed E-state index contributed by atoms with van der Waals surface area (Å²) >= 11 is 0. The molecule has 0 spiro atoms. The summed E-state index contributed by atoms with van der Waals surface area (Å²) in [6, 6.07) is -5.93. The zero-order chi connectivity index (χ0) is 62.9. The van der Waals surface area contributed by atoms with Gasteiger partial charge in [-0.25, -0.2) is 0 Å². The Labute approximate surface area is 492 Å². The van der Waals surface area contributed by atoms with Gasteiger partial charge in [-0.3, -0.25) is 52.7 Å². The molecule has 1 heterocycles. The van der Waals surface area contributed by atoms with E-state index in [9.17, 15) is 63.0 Å². The molecular weight excluding hydrogens is 1090 g/mol. The monoisotopic (exact) mass is 1190 g/mol. The van der Waals surface area contributed by atoms with Crippen molar-refractivity contribution in [1.29, 1.82) is 0 Å². The number of benzene rings is 1. The Morgan fingerprint density at radius 1 is 0.560 bits per heavy atom. The molecule has 1 saturated heterocycles. The molecule has 1 aliphatic heterocycles. The maximum atomic E-state index is 14.6. The molecule has 1 aromatic carbocycles. The first kappa shape index (κ1) is 73.3. The van der Waals surface area contributed by atoms with E-state index in [1.165, 1.54) is 6.92 Å². The highest BCUT2D eigenvalue weighted by Crippen LogP contribution is 2.12. The lowest BCUT2D eigenvalue weighted by atomic mass is 10.00. The van der Waals surface area contributed by atoms with E-state index < -0.39 is 145 Å². The second kappa shape index (κ2) is 39.6. The van der Waals surface area contributed by atoms with E-state index in [0.29, 0.717) is 12.0 Å².